The molecule has 0 aliphatic rings. The standard InChI is InChI=1S/C19H22N2O5/c1-20(2)10-7-8-11-12(9-10)21(3)14-13(15(11)22)16(23)18(25-5)19(26-6)17(14)24-4/h7-9,23H,1-6H3. The van der Waals surface area contributed by atoms with Crippen molar-refractivity contribution in [3.63, 3.8) is 0 Å². The van der Waals surface area contributed by atoms with Gasteiger partial charge in [-0.25, -0.2) is 0 Å². The molecular formula is C19H22N2O5. The van der Waals surface area contributed by atoms with Crippen molar-refractivity contribution in [1.82, 2.24) is 4.57 Å². The van der Waals surface area contributed by atoms with Crippen LogP contribution in [0.1, 0.15) is 0 Å². The van der Waals surface area contributed by atoms with E-state index in [0.717, 1.165) is 11.2 Å². The molecule has 0 unspecified atom stereocenters. The summed E-state index contributed by atoms with van der Waals surface area (Å²) in [6.45, 7) is 0. The highest BCUT2D eigenvalue weighted by atomic mass is 16.5. The smallest absolute Gasteiger partial charge is 0.209 e. The van der Waals surface area contributed by atoms with Crippen molar-refractivity contribution in [2.75, 3.05) is 40.3 Å². The third-order valence-electron chi connectivity index (χ3n) is 4.59. The van der Waals surface area contributed by atoms with Gasteiger partial charge in [0.15, 0.2) is 11.5 Å². The Kier molecular flexibility index (Phi) is 4.31. The van der Waals surface area contributed by atoms with E-state index >= 15 is 0 Å². The number of anilines is 1. The number of aromatic nitrogens is 1. The van der Waals surface area contributed by atoms with Crippen LogP contribution in [-0.4, -0.2) is 45.1 Å². The molecule has 0 aliphatic carbocycles. The predicted octanol–water partition coefficient (Wildman–Crippen LogP) is 2.49. The molecule has 3 rings (SSSR count). The molecule has 1 heterocycles. The molecule has 0 saturated heterocycles. The van der Waals surface area contributed by atoms with Crippen LogP contribution in [0.15, 0.2) is 23.0 Å². The Bertz CT molecular complexity index is 1070. The second kappa shape index (κ2) is 6.33. The van der Waals surface area contributed by atoms with E-state index in [1.807, 2.05) is 42.7 Å². The summed E-state index contributed by atoms with van der Waals surface area (Å²) >= 11 is 0. The van der Waals surface area contributed by atoms with Crippen molar-refractivity contribution in [3.05, 3.63) is 28.4 Å². The van der Waals surface area contributed by atoms with Gasteiger partial charge in [-0.1, -0.05) is 0 Å². The first-order valence-electron chi connectivity index (χ1n) is 8.02. The number of hydrogen-bond acceptors (Lipinski definition) is 6. The molecule has 0 amide bonds. The Morgan fingerprint density at radius 3 is 2.15 bits per heavy atom. The second-order valence-corrected chi connectivity index (χ2v) is 6.16. The van der Waals surface area contributed by atoms with Crippen molar-refractivity contribution in [3.8, 4) is 23.0 Å². The molecular weight excluding hydrogens is 336 g/mol. The Balaban J connectivity index is 2.64. The van der Waals surface area contributed by atoms with Gasteiger partial charge in [-0.2, -0.15) is 0 Å². The molecule has 0 saturated carbocycles. The predicted molar refractivity (Wildman–Crippen MR) is 102 cm³/mol. The number of aryl methyl sites for hydroxylation is 1. The number of phenolic OH excluding ortho intramolecular Hbond substituents is 1. The molecule has 0 atom stereocenters. The van der Waals surface area contributed by atoms with E-state index in [1.54, 1.807) is 6.07 Å². The van der Waals surface area contributed by atoms with Crippen molar-refractivity contribution in [2.45, 2.75) is 0 Å². The fourth-order valence-corrected chi connectivity index (χ4v) is 3.28. The molecule has 7 nitrogen and oxygen atoms in total. The largest absolute Gasteiger partial charge is 0.504 e. The zero-order valence-corrected chi connectivity index (χ0v) is 15.7. The first-order valence-corrected chi connectivity index (χ1v) is 8.02. The van der Waals surface area contributed by atoms with Crippen LogP contribution in [-0.2, 0) is 7.05 Å². The van der Waals surface area contributed by atoms with Gasteiger partial charge in [0.25, 0.3) is 0 Å². The highest BCUT2D eigenvalue weighted by molar-refractivity contribution is 6.03. The second-order valence-electron chi connectivity index (χ2n) is 6.16. The Morgan fingerprint density at radius 1 is 1.00 bits per heavy atom. The monoisotopic (exact) mass is 358 g/mol. The van der Waals surface area contributed by atoms with Crippen molar-refractivity contribution < 1.29 is 19.3 Å². The van der Waals surface area contributed by atoms with Crippen LogP contribution in [0.4, 0.5) is 5.69 Å². The molecule has 1 N–H and O–H groups in total. The average Bonchev–Trinajstić information content (AvgIpc) is 2.64. The lowest BCUT2D eigenvalue weighted by molar-refractivity contribution is 0.313. The summed E-state index contributed by atoms with van der Waals surface area (Å²) in [5.74, 6) is 0.365. The van der Waals surface area contributed by atoms with E-state index in [4.69, 9.17) is 14.2 Å². The third-order valence-corrected chi connectivity index (χ3v) is 4.59. The molecule has 0 spiro atoms. The average molecular weight is 358 g/mol. The van der Waals surface area contributed by atoms with Crippen LogP contribution in [0.2, 0.25) is 0 Å². The molecule has 3 aromatic rings. The van der Waals surface area contributed by atoms with Crippen molar-refractivity contribution in [2.24, 2.45) is 7.05 Å². The summed E-state index contributed by atoms with van der Waals surface area (Å²) in [7, 11) is 10.0. The maximum absolute atomic E-state index is 13.1. The Hall–Kier alpha value is -3.09. The minimum Gasteiger partial charge on any atom is -0.504 e. The maximum atomic E-state index is 13.1. The van der Waals surface area contributed by atoms with Gasteiger partial charge in [0, 0.05) is 32.2 Å². The first kappa shape index (κ1) is 17.7. The van der Waals surface area contributed by atoms with Gasteiger partial charge < -0.3 is 28.8 Å². The van der Waals surface area contributed by atoms with E-state index in [9.17, 15) is 9.90 Å². The number of aromatic hydroxyl groups is 1. The fourth-order valence-electron chi connectivity index (χ4n) is 3.28. The van der Waals surface area contributed by atoms with Crippen molar-refractivity contribution in [1.29, 1.82) is 0 Å². The van der Waals surface area contributed by atoms with Gasteiger partial charge in [0.1, 0.15) is 5.52 Å². The van der Waals surface area contributed by atoms with E-state index < -0.39 is 0 Å². The number of benzene rings is 2. The Labute approximate surface area is 150 Å². The van der Waals surface area contributed by atoms with Gasteiger partial charge in [-0.05, 0) is 18.2 Å². The molecule has 0 aliphatic heterocycles. The quantitative estimate of drug-likeness (QED) is 0.723. The topological polar surface area (TPSA) is 73.2 Å². The highest BCUT2D eigenvalue weighted by Gasteiger charge is 2.26. The van der Waals surface area contributed by atoms with E-state index in [2.05, 4.69) is 0 Å². The number of pyridine rings is 1. The fraction of sp³-hybridized carbons (Fsp3) is 0.316. The molecule has 138 valence electrons. The maximum Gasteiger partial charge on any atom is 0.209 e. The molecule has 2 aromatic carbocycles. The third kappa shape index (κ3) is 2.31. The van der Waals surface area contributed by atoms with Gasteiger partial charge in [0.2, 0.25) is 16.9 Å². The number of nitrogens with zero attached hydrogens (tertiary/aromatic N) is 2. The van der Waals surface area contributed by atoms with E-state index in [-0.39, 0.29) is 28.1 Å². The zero-order valence-electron chi connectivity index (χ0n) is 15.7. The summed E-state index contributed by atoms with van der Waals surface area (Å²) in [5, 5.41) is 11.3. The number of fused-ring (bicyclic) bond motifs is 2. The minimum absolute atomic E-state index is 0.0678. The zero-order chi connectivity index (χ0) is 19.2. The van der Waals surface area contributed by atoms with Gasteiger partial charge >= 0.3 is 0 Å². The summed E-state index contributed by atoms with van der Waals surface area (Å²) in [5.41, 5.74) is 1.82. The highest BCUT2D eigenvalue weighted by Crippen LogP contribution is 2.49. The number of rotatable bonds is 4. The summed E-state index contributed by atoms with van der Waals surface area (Å²) in [6, 6.07) is 5.54. The lowest BCUT2D eigenvalue weighted by Gasteiger charge is -2.20. The number of ether oxygens (including phenoxy) is 3. The van der Waals surface area contributed by atoms with Gasteiger partial charge in [-0.3, -0.25) is 4.79 Å². The first-order chi connectivity index (χ1) is 12.4. The van der Waals surface area contributed by atoms with Gasteiger partial charge in [0.05, 0.1) is 32.2 Å². The summed E-state index contributed by atoms with van der Waals surface area (Å²) in [4.78, 5) is 15.1. The van der Waals surface area contributed by atoms with Crippen LogP contribution < -0.4 is 24.5 Å². The lowest BCUT2D eigenvalue weighted by atomic mass is 10.1. The minimum atomic E-state index is -0.296. The van der Waals surface area contributed by atoms with Crippen LogP contribution >= 0.6 is 0 Å². The van der Waals surface area contributed by atoms with Crippen molar-refractivity contribution >= 4 is 27.5 Å². The van der Waals surface area contributed by atoms with Crippen LogP contribution in [0, 0.1) is 0 Å². The van der Waals surface area contributed by atoms with Crippen LogP contribution in [0.25, 0.3) is 21.8 Å². The SMILES string of the molecule is COc1c(OC)c(OC)c2c(c1O)c(=O)c1ccc(N(C)C)cc1n2C. The summed E-state index contributed by atoms with van der Waals surface area (Å²) in [6.07, 6.45) is 0. The Morgan fingerprint density at radius 2 is 1.62 bits per heavy atom. The number of methoxy groups -OCH3 is 3. The van der Waals surface area contributed by atoms with E-state index in [0.29, 0.717) is 16.7 Å². The lowest BCUT2D eigenvalue weighted by Crippen LogP contribution is -2.13. The number of phenols is 1. The van der Waals surface area contributed by atoms with E-state index in [1.165, 1.54) is 21.3 Å². The molecule has 1 aromatic heterocycles. The summed E-state index contributed by atoms with van der Waals surface area (Å²) < 4.78 is 18.0. The molecule has 0 radical (unpaired) electrons. The normalized spacial score (nSPS) is 11.0. The van der Waals surface area contributed by atoms with Gasteiger partial charge in [-0.15, -0.1) is 0 Å². The molecule has 26 heavy (non-hydrogen) atoms. The molecule has 0 fully saturated rings. The number of hydrogen-bond donors (Lipinski definition) is 1. The molecule has 7 heteroatoms. The van der Waals surface area contributed by atoms with Crippen LogP contribution in [0.3, 0.4) is 0 Å². The van der Waals surface area contributed by atoms with Crippen LogP contribution in [0.5, 0.6) is 23.0 Å². The molecule has 0 bridgehead atoms.